The fourth-order valence-corrected chi connectivity index (χ4v) is 2.88. The molecule has 0 unspecified atom stereocenters. The average molecular weight is 366 g/mol. The van der Waals surface area contributed by atoms with Gasteiger partial charge in [-0.2, -0.15) is 13.2 Å². The molecule has 0 fully saturated rings. The molecule has 0 saturated carbocycles. The highest BCUT2D eigenvalue weighted by Gasteiger charge is 2.30. The lowest BCUT2D eigenvalue weighted by Gasteiger charge is -2.08. The zero-order chi connectivity index (χ0) is 18.0. The summed E-state index contributed by atoms with van der Waals surface area (Å²) in [5.41, 5.74) is -0.266. The van der Waals surface area contributed by atoms with Gasteiger partial charge in [-0.05, 0) is 42.5 Å². The fraction of sp³-hybridized carbons (Fsp3) is 0.0588. The minimum Gasteiger partial charge on any atom is -0.332 e. The van der Waals surface area contributed by atoms with Gasteiger partial charge < -0.3 is 5.32 Å². The van der Waals surface area contributed by atoms with E-state index in [1.165, 1.54) is 42.6 Å². The maximum absolute atomic E-state index is 12.9. The number of carbonyl (C=O) groups is 1. The van der Waals surface area contributed by atoms with Crippen LogP contribution in [0.15, 0.2) is 54.7 Å². The first-order valence-corrected chi connectivity index (χ1v) is 7.85. The largest absolute Gasteiger partial charge is 0.416 e. The number of benzene rings is 2. The molecular weight excluding hydrogens is 356 g/mol. The van der Waals surface area contributed by atoms with Crippen LogP contribution in [0.3, 0.4) is 0 Å². The molecule has 3 aromatic rings. The van der Waals surface area contributed by atoms with Gasteiger partial charge in [0.2, 0.25) is 5.78 Å². The zero-order valence-corrected chi connectivity index (χ0v) is 13.3. The third-order valence-corrected chi connectivity index (χ3v) is 4.19. The van der Waals surface area contributed by atoms with Crippen LogP contribution in [0.5, 0.6) is 0 Å². The van der Waals surface area contributed by atoms with Crippen molar-refractivity contribution in [3.05, 3.63) is 76.5 Å². The van der Waals surface area contributed by atoms with Gasteiger partial charge in [-0.1, -0.05) is 17.4 Å². The van der Waals surface area contributed by atoms with Crippen molar-refractivity contribution in [1.82, 2.24) is 4.98 Å². The van der Waals surface area contributed by atoms with Crippen LogP contribution in [-0.2, 0) is 6.18 Å². The Bertz CT molecular complexity index is 904. The summed E-state index contributed by atoms with van der Waals surface area (Å²) < 4.78 is 51.1. The Morgan fingerprint density at radius 2 is 1.80 bits per heavy atom. The fourth-order valence-electron chi connectivity index (χ4n) is 2.08. The van der Waals surface area contributed by atoms with Crippen LogP contribution in [0.4, 0.5) is 28.4 Å². The van der Waals surface area contributed by atoms with Crippen LogP contribution in [0.25, 0.3) is 0 Å². The number of carbonyl (C=O) groups excluding carboxylic acids is 1. The Morgan fingerprint density at radius 1 is 1.08 bits per heavy atom. The van der Waals surface area contributed by atoms with Crippen molar-refractivity contribution >= 4 is 27.9 Å². The van der Waals surface area contributed by atoms with E-state index in [4.69, 9.17) is 0 Å². The number of alkyl halides is 3. The van der Waals surface area contributed by atoms with Gasteiger partial charge in [0.25, 0.3) is 0 Å². The van der Waals surface area contributed by atoms with E-state index in [2.05, 4.69) is 10.3 Å². The normalized spacial score (nSPS) is 11.4. The summed E-state index contributed by atoms with van der Waals surface area (Å²) in [7, 11) is 0. The number of halogens is 4. The lowest BCUT2D eigenvalue weighted by Crippen LogP contribution is -2.05. The predicted molar refractivity (Wildman–Crippen MR) is 86.7 cm³/mol. The maximum atomic E-state index is 12.9. The average Bonchev–Trinajstić information content (AvgIpc) is 3.03. The second-order valence-electron chi connectivity index (χ2n) is 5.07. The van der Waals surface area contributed by atoms with E-state index >= 15 is 0 Å². The highest BCUT2D eigenvalue weighted by atomic mass is 32.1. The first-order valence-electron chi connectivity index (χ1n) is 7.03. The van der Waals surface area contributed by atoms with E-state index in [0.717, 1.165) is 23.5 Å². The number of rotatable bonds is 4. The first-order chi connectivity index (χ1) is 11.8. The van der Waals surface area contributed by atoms with Crippen molar-refractivity contribution in [2.24, 2.45) is 0 Å². The molecule has 1 N–H and O–H groups in total. The van der Waals surface area contributed by atoms with Gasteiger partial charge in [0.1, 0.15) is 5.82 Å². The van der Waals surface area contributed by atoms with E-state index in [0.29, 0.717) is 10.4 Å². The van der Waals surface area contributed by atoms with Crippen LogP contribution in [0.1, 0.15) is 20.8 Å². The Balaban J connectivity index is 1.78. The van der Waals surface area contributed by atoms with Crippen molar-refractivity contribution in [2.75, 3.05) is 5.32 Å². The first kappa shape index (κ1) is 17.1. The van der Waals surface area contributed by atoms with Crippen LogP contribution in [-0.4, -0.2) is 10.8 Å². The summed E-state index contributed by atoms with van der Waals surface area (Å²) in [5, 5.41) is 3.03. The van der Waals surface area contributed by atoms with Crippen LogP contribution >= 0.6 is 11.3 Å². The Labute approximate surface area is 144 Å². The molecule has 1 aromatic heterocycles. The molecule has 0 saturated heterocycles. The predicted octanol–water partition coefficient (Wildman–Crippen LogP) is 5.28. The molecule has 0 aliphatic carbocycles. The molecule has 8 heteroatoms. The molecule has 0 amide bonds. The molecule has 0 bridgehead atoms. The lowest BCUT2D eigenvalue weighted by atomic mass is 10.1. The molecule has 1 heterocycles. The topological polar surface area (TPSA) is 42.0 Å². The quantitative estimate of drug-likeness (QED) is 0.505. The minimum absolute atomic E-state index is 0.213. The summed E-state index contributed by atoms with van der Waals surface area (Å²) in [5.74, 6) is -0.789. The van der Waals surface area contributed by atoms with E-state index in [1.54, 1.807) is 0 Å². The molecular formula is C17H10F4N2OS. The number of aromatic nitrogens is 1. The van der Waals surface area contributed by atoms with E-state index in [1.807, 2.05) is 0 Å². The second-order valence-corrected chi connectivity index (χ2v) is 6.10. The molecule has 3 rings (SSSR count). The molecule has 0 atom stereocenters. The summed E-state index contributed by atoms with van der Waals surface area (Å²) >= 11 is 1.00. The molecule has 0 radical (unpaired) electrons. The maximum Gasteiger partial charge on any atom is 0.416 e. The highest BCUT2D eigenvalue weighted by Crippen LogP contribution is 2.32. The summed E-state index contributed by atoms with van der Waals surface area (Å²) in [6.45, 7) is 0. The van der Waals surface area contributed by atoms with E-state index in [9.17, 15) is 22.4 Å². The van der Waals surface area contributed by atoms with Gasteiger partial charge >= 0.3 is 6.18 Å². The van der Waals surface area contributed by atoms with Crippen LogP contribution in [0, 0.1) is 5.82 Å². The standard InChI is InChI=1S/C17H10F4N2OS/c18-12-6-4-10(5-7-12)15(24)14-9-22-16(25-14)23-13-3-1-2-11(8-13)17(19,20)21/h1-9H,(H,22,23). The summed E-state index contributed by atoms with van der Waals surface area (Å²) in [4.78, 5) is 16.6. The SMILES string of the molecule is O=C(c1ccc(F)cc1)c1cnc(Nc2cccc(C(F)(F)F)c2)s1. The molecule has 3 nitrogen and oxygen atoms in total. The summed E-state index contributed by atoms with van der Waals surface area (Å²) in [6.07, 6.45) is -3.11. The van der Waals surface area contributed by atoms with Gasteiger partial charge in [-0.15, -0.1) is 0 Å². The lowest BCUT2D eigenvalue weighted by molar-refractivity contribution is -0.137. The molecule has 0 aliphatic heterocycles. The Hall–Kier alpha value is -2.74. The van der Waals surface area contributed by atoms with Gasteiger partial charge in [-0.25, -0.2) is 9.37 Å². The molecule has 0 aliphatic rings. The van der Waals surface area contributed by atoms with Gasteiger partial charge in [0, 0.05) is 11.3 Å². The van der Waals surface area contributed by atoms with Crippen LogP contribution in [0.2, 0.25) is 0 Å². The third-order valence-electron chi connectivity index (χ3n) is 3.28. The van der Waals surface area contributed by atoms with Crippen molar-refractivity contribution in [1.29, 1.82) is 0 Å². The van der Waals surface area contributed by atoms with E-state index < -0.39 is 17.6 Å². The van der Waals surface area contributed by atoms with Gasteiger partial charge in [-0.3, -0.25) is 4.79 Å². The van der Waals surface area contributed by atoms with Crippen LogP contribution < -0.4 is 5.32 Å². The van der Waals surface area contributed by atoms with Crippen molar-refractivity contribution in [3.63, 3.8) is 0 Å². The van der Waals surface area contributed by atoms with Crippen molar-refractivity contribution in [3.8, 4) is 0 Å². The number of nitrogens with one attached hydrogen (secondary N) is 1. The molecule has 2 aromatic carbocycles. The monoisotopic (exact) mass is 366 g/mol. The summed E-state index contributed by atoms with van der Waals surface area (Å²) in [6, 6.07) is 9.75. The number of hydrogen-bond donors (Lipinski definition) is 1. The van der Waals surface area contributed by atoms with Crippen molar-refractivity contribution in [2.45, 2.75) is 6.18 Å². The molecule has 128 valence electrons. The smallest absolute Gasteiger partial charge is 0.332 e. The highest BCUT2D eigenvalue weighted by molar-refractivity contribution is 7.17. The molecule has 25 heavy (non-hydrogen) atoms. The van der Waals surface area contributed by atoms with E-state index in [-0.39, 0.29) is 16.6 Å². The number of nitrogens with zero attached hydrogens (tertiary/aromatic N) is 1. The molecule has 0 spiro atoms. The van der Waals surface area contributed by atoms with Gasteiger partial charge in [0.05, 0.1) is 16.6 Å². The Morgan fingerprint density at radius 3 is 2.48 bits per heavy atom. The minimum atomic E-state index is -4.44. The number of thiazole rings is 1. The van der Waals surface area contributed by atoms with Gasteiger partial charge in [0.15, 0.2) is 5.13 Å². The Kier molecular flexibility index (Phi) is 4.54. The van der Waals surface area contributed by atoms with Crippen molar-refractivity contribution < 1.29 is 22.4 Å². The third kappa shape index (κ3) is 4.03. The second kappa shape index (κ2) is 6.64. The number of hydrogen-bond acceptors (Lipinski definition) is 4. The zero-order valence-electron chi connectivity index (χ0n) is 12.5. The number of ketones is 1. The number of anilines is 2.